The molecule has 2 rings (SSSR count). The number of benzene rings is 1. The van der Waals surface area contributed by atoms with Gasteiger partial charge in [-0.05, 0) is 30.9 Å². The van der Waals surface area contributed by atoms with Gasteiger partial charge in [-0.2, -0.15) is 0 Å². The zero-order valence-corrected chi connectivity index (χ0v) is 9.04. The normalized spacial score (nSPS) is 25.7. The van der Waals surface area contributed by atoms with Crippen molar-refractivity contribution in [1.29, 1.82) is 0 Å². The van der Waals surface area contributed by atoms with E-state index in [4.69, 9.17) is 0 Å². The quantitative estimate of drug-likeness (QED) is 0.774. The van der Waals surface area contributed by atoms with E-state index in [9.17, 15) is 4.79 Å². The fraction of sp³-hybridized carbons (Fsp3) is 0.364. The largest absolute Gasteiger partial charge is 0.300 e. The lowest BCUT2D eigenvalue weighted by Crippen LogP contribution is -1.94. The van der Waals surface area contributed by atoms with Crippen molar-refractivity contribution in [2.45, 2.75) is 19.3 Å². The van der Waals surface area contributed by atoms with Gasteiger partial charge < -0.3 is 0 Å². The van der Waals surface area contributed by atoms with Gasteiger partial charge in [-0.15, -0.1) is 0 Å². The Balaban J connectivity index is 2.21. The molecule has 0 radical (unpaired) electrons. The summed E-state index contributed by atoms with van der Waals surface area (Å²) in [6.45, 7) is 1.68. The standard InChI is InChI=1S/C11H11BrO/c1-7(13)9-6-10(9)8-4-2-3-5-11(8)12/h2-5,9-10H,6H2,1H3/t9-,10-/m1/s1. The first-order valence-electron chi connectivity index (χ1n) is 4.45. The molecule has 1 saturated carbocycles. The van der Waals surface area contributed by atoms with Crippen LogP contribution in [-0.2, 0) is 4.79 Å². The van der Waals surface area contributed by atoms with Gasteiger partial charge in [0.2, 0.25) is 0 Å². The fourth-order valence-corrected chi connectivity index (χ4v) is 2.34. The van der Waals surface area contributed by atoms with Crippen LogP contribution < -0.4 is 0 Å². The lowest BCUT2D eigenvalue weighted by Gasteiger charge is -2.01. The lowest BCUT2D eigenvalue weighted by molar-refractivity contribution is -0.118. The molecule has 0 spiro atoms. The van der Waals surface area contributed by atoms with Gasteiger partial charge >= 0.3 is 0 Å². The van der Waals surface area contributed by atoms with Crippen LogP contribution in [0.15, 0.2) is 28.7 Å². The lowest BCUT2D eigenvalue weighted by atomic mass is 10.1. The minimum absolute atomic E-state index is 0.277. The van der Waals surface area contributed by atoms with Gasteiger partial charge in [-0.25, -0.2) is 0 Å². The summed E-state index contributed by atoms with van der Waals surface area (Å²) in [6.07, 6.45) is 1.03. The van der Waals surface area contributed by atoms with E-state index >= 15 is 0 Å². The molecule has 1 nitrogen and oxygen atoms in total. The highest BCUT2D eigenvalue weighted by atomic mass is 79.9. The smallest absolute Gasteiger partial charge is 0.133 e. The molecule has 1 aromatic carbocycles. The fourth-order valence-electron chi connectivity index (χ4n) is 1.76. The number of hydrogen-bond acceptors (Lipinski definition) is 1. The molecular weight excluding hydrogens is 228 g/mol. The molecule has 2 atom stereocenters. The molecule has 0 bridgehead atoms. The number of carbonyl (C=O) groups is 1. The number of hydrogen-bond donors (Lipinski definition) is 0. The van der Waals surface area contributed by atoms with Crippen LogP contribution in [0, 0.1) is 5.92 Å². The molecule has 1 aromatic rings. The summed E-state index contributed by atoms with van der Waals surface area (Å²) in [5.41, 5.74) is 1.28. The van der Waals surface area contributed by atoms with Crippen molar-refractivity contribution in [3.05, 3.63) is 34.3 Å². The van der Waals surface area contributed by atoms with Crippen molar-refractivity contribution in [3.63, 3.8) is 0 Å². The van der Waals surface area contributed by atoms with Gasteiger partial charge in [0.25, 0.3) is 0 Å². The average molecular weight is 239 g/mol. The maximum absolute atomic E-state index is 11.1. The van der Waals surface area contributed by atoms with Crippen LogP contribution in [0.1, 0.15) is 24.8 Å². The van der Waals surface area contributed by atoms with Crippen LogP contribution in [0.4, 0.5) is 0 Å². The van der Waals surface area contributed by atoms with E-state index in [2.05, 4.69) is 22.0 Å². The van der Waals surface area contributed by atoms with Crippen molar-refractivity contribution in [2.75, 3.05) is 0 Å². The summed E-state index contributed by atoms with van der Waals surface area (Å²) in [7, 11) is 0. The van der Waals surface area contributed by atoms with Crippen LogP contribution in [0.3, 0.4) is 0 Å². The summed E-state index contributed by atoms with van der Waals surface area (Å²) < 4.78 is 1.13. The van der Waals surface area contributed by atoms with Gasteiger partial charge in [0, 0.05) is 10.4 Å². The predicted molar refractivity (Wildman–Crippen MR) is 55.7 cm³/mol. The first-order valence-corrected chi connectivity index (χ1v) is 5.24. The molecule has 2 heteroatoms. The molecule has 0 N–H and O–H groups in total. The Labute approximate surface area is 86.3 Å². The summed E-state index contributed by atoms with van der Waals surface area (Å²) >= 11 is 3.50. The SMILES string of the molecule is CC(=O)[C@H]1C[C@@H]1c1ccccc1Br. The Hall–Kier alpha value is -0.630. The molecule has 1 aliphatic rings. The van der Waals surface area contributed by atoms with Crippen molar-refractivity contribution in [1.82, 2.24) is 0 Å². The van der Waals surface area contributed by atoms with Gasteiger partial charge in [0.1, 0.15) is 5.78 Å². The monoisotopic (exact) mass is 238 g/mol. The molecule has 1 aliphatic carbocycles. The number of ketones is 1. The molecule has 13 heavy (non-hydrogen) atoms. The number of Topliss-reactive ketones (excluding diaryl/α,β-unsaturated/α-hetero) is 1. The highest BCUT2D eigenvalue weighted by Crippen LogP contribution is 2.49. The molecular formula is C11H11BrO. The third kappa shape index (κ3) is 1.68. The Morgan fingerprint density at radius 1 is 1.46 bits per heavy atom. The Kier molecular flexibility index (Phi) is 2.24. The minimum Gasteiger partial charge on any atom is -0.300 e. The van der Waals surface area contributed by atoms with Crippen LogP contribution in [0.25, 0.3) is 0 Å². The van der Waals surface area contributed by atoms with E-state index in [1.165, 1.54) is 5.56 Å². The summed E-state index contributed by atoms with van der Waals surface area (Å²) in [5.74, 6) is 1.06. The van der Waals surface area contributed by atoms with Crippen molar-refractivity contribution in [3.8, 4) is 0 Å². The van der Waals surface area contributed by atoms with Crippen LogP contribution in [0.5, 0.6) is 0 Å². The van der Waals surface area contributed by atoms with Gasteiger partial charge in [0.15, 0.2) is 0 Å². The van der Waals surface area contributed by atoms with E-state index in [1.54, 1.807) is 6.92 Å². The highest BCUT2D eigenvalue weighted by molar-refractivity contribution is 9.10. The molecule has 0 saturated heterocycles. The molecule has 0 aromatic heterocycles. The second-order valence-electron chi connectivity index (χ2n) is 3.58. The van der Waals surface area contributed by atoms with Crippen LogP contribution in [-0.4, -0.2) is 5.78 Å². The predicted octanol–water partition coefficient (Wildman–Crippen LogP) is 3.14. The van der Waals surface area contributed by atoms with Gasteiger partial charge in [-0.1, -0.05) is 34.1 Å². The van der Waals surface area contributed by atoms with E-state index in [1.807, 2.05) is 18.2 Å². The molecule has 0 amide bonds. The zero-order chi connectivity index (χ0) is 9.42. The van der Waals surface area contributed by atoms with E-state index in [0.29, 0.717) is 11.7 Å². The second kappa shape index (κ2) is 3.26. The Bertz CT molecular complexity index is 346. The molecule has 0 aliphatic heterocycles. The second-order valence-corrected chi connectivity index (χ2v) is 4.44. The molecule has 1 fully saturated rings. The van der Waals surface area contributed by atoms with Crippen molar-refractivity contribution >= 4 is 21.7 Å². The van der Waals surface area contributed by atoms with E-state index in [0.717, 1.165) is 10.9 Å². The first kappa shape index (κ1) is 8.95. The summed E-state index contributed by atoms with van der Waals surface area (Å²) in [5, 5.41) is 0. The third-order valence-electron chi connectivity index (χ3n) is 2.62. The summed E-state index contributed by atoms with van der Waals surface area (Å²) in [4.78, 5) is 11.1. The van der Waals surface area contributed by atoms with Crippen molar-refractivity contribution < 1.29 is 4.79 Å². The third-order valence-corrected chi connectivity index (χ3v) is 3.34. The number of rotatable bonds is 2. The topological polar surface area (TPSA) is 17.1 Å². The molecule has 0 unspecified atom stereocenters. The first-order chi connectivity index (χ1) is 6.20. The maximum atomic E-state index is 11.1. The minimum atomic E-state index is 0.277. The molecule has 0 heterocycles. The number of carbonyl (C=O) groups excluding carboxylic acids is 1. The van der Waals surface area contributed by atoms with Gasteiger partial charge in [0.05, 0.1) is 0 Å². The summed E-state index contributed by atoms with van der Waals surface area (Å²) in [6, 6.07) is 8.15. The average Bonchev–Trinajstić information content (AvgIpc) is 2.84. The van der Waals surface area contributed by atoms with Crippen molar-refractivity contribution in [2.24, 2.45) is 5.92 Å². The highest BCUT2D eigenvalue weighted by Gasteiger charge is 2.42. The zero-order valence-electron chi connectivity index (χ0n) is 7.46. The van der Waals surface area contributed by atoms with Crippen LogP contribution in [0.2, 0.25) is 0 Å². The maximum Gasteiger partial charge on any atom is 0.133 e. The van der Waals surface area contributed by atoms with E-state index < -0.39 is 0 Å². The van der Waals surface area contributed by atoms with Gasteiger partial charge in [-0.3, -0.25) is 4.79 Å². The Morgan fingerprint density at radius 3 is 2.69 bits per heavy atom. The number of halogens is 1. The molecule has 68 valence electrons. The van der Waals surface area contributed by atoms with E-state index in [-0.39, 0.29) is 5.92 Å². The Morgan fingerprint density at radius 2 is 2.15 bits per heavy atom. The van der Waals surface area contributed by atoms with Crippen LogP contribution >= 0.6 is 15.9 Å².